The topological polar surface area (TPSA) is 83.9 Å². The van der Waals surface area contributed by atoms with E-state index in [1.807, 2.05) is 43.1 Å². The molecule has 2 unspecified atom stereocenters. The number of ether oxygens (including phenoxy) is 2. The van der Waals surface area contributed by atoms with E-state index in [0.717, 1.165) is 24.8 Å². The Hall–Kier alpha value is -3.93. The van der Waals surface area contributed by atoms with Crippen LogP contribution in [0.4, 0.5) is 18.9 Å². The average Bonchev–Trinajstić information content (AvgIpc) is 3.01. The lowest BCUT2D eigenvalue weighted by atomic mass is 9.62. The summed E-state index contributed by atoms with van der Waals surface area (Å²) in [4.78, 5) is 33.4. The Bertz CT molecular complexity index is 1550. The number of likely N-dealkylation sites (N-methyl/N-ethyl adjacent to an activating group) is 1. The van der Waals surface area contributed by atoms with E-state index in [1.54, 1.807) is 11.1 Å². The molecule has 1 spiro atoms. The van der Waals surface area contributed by atoms with Crippen molar-refractivity contribution in [1.29, 1.82) is 0 Å². The molecular formula is C32H37F3N6O3. The Morgan fingerprint density at radius 3 is 2.59 bits per heavy atom. The van der Waals surface area contributed by atoms with Crippen molar-refractivity contribution in [1.82, 2.24) is 24.8 Å². The second kappa shape index (κ2) is 11.5. The summed E-state index contributed by atoms with van der Waals surface area (Å²) in [6, 6.07) is 7.64. The highest BCUT2D eigenvalue weighted by molar-refractivity contribution is 5.96. The van der Waals surface area contributed by atoms with Crippen LogP contribution < -0.4 is 14.4 Å². The third-order valence-corrected chi connectivity index (χ3v) is 9.44. The Kier molecular flexibility index (Phi) is 7.89. The lowest BCUT2D eigenvalue weighted by Gasteiger charge is -2.56. The van der Waals surface area contributed by atoms with Gasteiger partial charge in [0, 0.05) is 44.3 Å². The number of alkyl halides is 3. The highest BCUT2D eigenvalue weighted by Crippen LogP contribution is 2.50. The highest BCUT2D eigenvalue weighted by Gasteiger charge is 2.53. The first-order chi connectivity index (χ1) is 21.1. The number of carbonyl (C=O) groups excluding carboxylic acids is 1. The van der Waals surface area contributed by atoms with Crippen molar-refractivity contribution < 1.29 is 27.4 Å². The van der Waals surface area contributed by atoms with E-state index >= 15 is 0 Å². The first-order valence-electron chi connectivity index (χ1n) is 15.0. The predicted octanol–water partition coefficient (Wildman–Crippen LogP) is 4.91. The van der Waals surface area contributed by atoms with E-state index in [-0.39, 0.29) is 29.3 Å². The minimum Gasteiger partial charge on any atom is -0.494 e. The summed E-state index contributed by atoms with van der Waals surface area (Å²) in [6.07, 6.45) is 0.697. The molecule has 6 heterocycles. The van der Waals surface area contributed by atoms with Gasteiger partial charge in [0.15, 0.2) is 5.75 Å². The quantitative estimate of drug-likeness (QED) is 0.374. The number of hydrogen-bond donors (Lipinski definition) is 0. The summed E-state index contributed by atoms with van der Waals surface area (Å²) in [5.74, 6) is -0.0115. The Balaban J connectivity index is 1.43. The van der Waals surface area contributed by atoms with Gasteiger partial charge >= 0.3 is 6.18 Å². The zero-order chi connectivity index (χ0) is 31.2. The van der Waals surface area contributed by atoms with Crippen molar-refractivity contribution in [2.45, 2.75) is 44.3 Å². The van der Waals surface area contributed by atoms with Gasteiger partial charge in [0.25, 0.3) is 5.91 Å². The zero-order valence-electron chi connectivity index (χ0n) is 25.4. The van der Waals surface area contributed by atoms with Gasteiger partial charge in [-0.15, -0.1) is 0 Å². The molecule has 44 heavy (non-hydrogen) atoms. The van der Waals surface area contributed by atoms with Gasteiger partial charge in [0.1, 0.15) is 11.3 Å². The van der Waals surface area contributed by atoms with E-state index in [4.69, 9.17) is 14.5 Å². The molecule has 3 aromatic heterocycles. The first kappa shape index (κ1) is 30.1. The highest BCUT2D eigenvalue weighted by atomic mass is 19.4. The summed E-state index contributed by atoms with van der Waals surface area (Å²) in [6.45, 7) is 7.16. The standard InChI is InChI=1S/C32H37F3N6O3/c1-5-20-16-40(25-14-36-15-26(43-4)27(25)32(33,34)35)13-11-31(20)19-41(21-17-39(3)18-21)30(42)28-23(31)9-10-24(38-28)22-8-7-12-37-29(22)44-6-2/h7-10,12,14-15,20-21H,5-6,11,13,16-19H2,1-4H3. The first-order valence-corrected chi connectivity index (χ1v) is 15.0. The van der Waals surface area contributed by atoms with Crippen LogP contribution in [0.2, 0.25) is 0 Å². The monoisotopic (exact) mass is 610 g/mol. The largest absolute Gasteiger partial charge is 0.494 e. The summed E-state index contributed by atoms with van der Waals surface area (Å²) >= 11 is 0. The van der Waals surface area contributed by atoms with Crippen LogP contribution in [0.3, 0.4) is 0 Å². The van der Waals surface area contributed by atoms with E-state index in [9.17, 15) is 18.0 Å². The Labute approximate surface area is 255 Å². The molecule has 6 rings (SSSR count). The molecule has 2 saturated heterocycles. The van der Waals surface area contributed by atoms with Crippen molar-refractivity contribution >= 4 is 11.6 Å². The van der Waals surface area contributed by atoms with Crippen LogP contribution in [-0.4, -0.2) is 90.2 Å². The molecule has 0 aromatic carbocycles. The fraction of sp³-hybridized carbons (Fsp3) is 0.500. The van der Waals surface area contributed by atoms with E-state index in [1.165, 1.54) is 13.3 Å². The normalized spacial score (nSPS) is 22.6. The van der Waals surface area contributed by atoms with Gasteiger partial charge in [-0.2, -0.15) is 13.2 Å². The van der Waals surface area contributed by atoms with Crippen molar-refractivity contribution in [3.63, 3.8) is 0 Å². The number of nitrogens with zero attached hydrogens (tertiary/aromatic N) is 6. The summed E-state index contributed by atoms with van der Waals surface area (Å²) < 4.78 is 53.7. The molecule has 0 bridgehead atoms. The van der Waals surface area contributed by atoms with Crippen molar-refractivity contribution in [2.75, 3.05) is 58.4 Å². The van der Waals surface area contributed by atoms with Gasteiger partial charge in [-0.1, -0.05) is 19.4 Å². The number of piperidine rings is 1. The van der Waals surface area contributed by atoms with Crippen molar-refractivity contribution in [3.8, 4) is 22.9 Å². The molecule has 1 amide bonds. The number of halogens is 3. The number of hydrogen-bond acceptors (Lipinski definition) is 8. The number of likely N-dealkylation sites (tertiary alicyclic amines) is 1. The van der Waals surface area contributed by atoms with E-state index in [0.29, 0.717) is 61.9 Å². The van der Waals surface area contributed by atoms with Crippen LogP contribution in [0, 0.1) is 5.92 Å². The maximum absolute atomic E-state index is 14.3. The number of carbonyl (C=O) groups is 1. The maximum Gasteiger partial charge on any atom is 0.422 e. The molecule has 2 fully saturated rings. The SMILES string of the molecule is CCOc1ncccc1-c1ccc2c(n1)C(=O)N(C1CN(C)C1)CC21CCN(c2cncc(OC)c2C(F)(F)F)CC1CC. The molecule has 0 radical (unpaired) electrons. The molecule has 2 atom stereocenters. The number of amides is 1. The van der Waals surface area contributed by atoms with E-state index in [2.05, 4.69) is 21.8 Å². The number of rotatable bonds is 7. The van der Waals surface area contributed by atoms with Gasteiger partial charge < -0.3 is 24.2 Å². The smallest absolute Gasteiger partial charge is 0.422 e. The molecule has 9 nitrogen and oxygen atoms in total. The maximum atomic E-state index is 14.3. The third kappa shape index (κ3) is 5.02. The van der Waals surface area contributed by atoms with Crippen molar-refractivity contribution in [3.05, 3.63) is 59.7 Å². The predicted molar refractivity (Wildman–Crippen MR) is 159 cm³/mol. The van der Waals surface area contributed by atoms with Crippen LogP contribution >= 0.6 is 0 Å². The second-order valence-electron chi connectivity index (χ2n) is 11.9. The molecule has 3 aliphatic heterocycles. The lowest BCUT2D eigenvalue weighted by molar-refractivity contribution is -0.138. The summed E-state index contributed by atoms with van der Waals surface area (Å²) in [5, 5.41) is 0. The molecule has 0 N–H and O–H groups in total. The number of aromatic nitrogens is 3. The summed E-state index contributed by atoms with van der Waals surface area (Å²) in [5.41, 5.74) is 1.29. The van der Waals surface area contributed by atoms with Gasteiger partial charge in [0.2, 0.25) is 5.88 Å². The van der Waals surface area contributed by atoms with Crippen LogP contribution in [0.5, 0.6) is 11.6 Å². The molecule has 0 aliphatic carbocycles. The van der Waals surface area contributed by atoms with Gasteiger partial charge in [-0.3, -0.25) is 9.78 Å². The second-order valence-corrected chi connectivity index (χ2v) is 11.9. The average molecular weight is 611 g/mol. The third-order valence-electron chi connectivity index (χ3n) is 9.44. The summed E-state index contributed by atoms with van der Waals surface area (Å²) in [7, 11) is 3.25. The van der Waals surface area contributed by atoms with Crippen LogP contribution in [0.15, 0.2) is 42.9 Å². The minimum absolute atomic E-state index is 0.0169. The lowest BCUT2D eigenvalue weighted by Crippen LogP contribution is -2.66. The Morgan fingerprint density at radius 1 is 1.11 bits per heavy atom. The van der Waals surface area contributed by atoms with Gasteiger partial charge in [-0.05, 0) is 50.1 Å². The van der Waals surface area contributed by atoms with Crippen LogP contribution in [0.25, 0.3) is 11.3 Å². The molecule has 12 heteroatoms. The number of anilines is 1. The van der Waals surface area contributed by atoms with E-state index < -0.39 is 17.2 Å². The molecule has 234 valence electrons. The fourth-order valence-electron chi connectivity index (χ4n) is 7.25. The molecule has 3 aliphatic rings. The minimum atomic E-state index is -4.61. The van der Waals surface area contributed by atoms with Crippen LogP contribution in [-0.2, 0) is 11.6 Å². The molecule has 0 saturated carbocycles. The fourth-order valence-corrected chi connectivity index (χ4v) is 7.25. The van der Waals surface area contributed by atoms with Crippen molar-refractivity contribution in [2.24, 2.45) is 5.92 Å². The number of pyridine rings is 3. The number of methoxy groups -OCH3 is 1. The van der Waals surface area contributed by atoms with Gasteiger partial charge in [0.05, 0.1) is 49.1 Å². The zero-order valence-corrected chi connectivity index (χ0v) is 25.4. The Morgan fingerprint density at radius 2 is 1.91 bits per heavy atom. The van der Waals surface area contributed by atoms with Crippen LogP contribution in [0.1, 0.15) is 48.3 Å². The molecular weight excluding hydrogens is 573 g/mol. The number of fused-ring (bicyclic) bond motifs is 2. The molecule has 3 aromatic rings. The van der Waals surface area contributed by atoms with Gasteiger partial charge in [-0.25, -0.2) is 9.97 Å².